The zero-order chi connectivity index (χ0) is 15.7. The smallest absolute Gasteiger partial charge is 0.363 e. The zero-order valence-corrected chi connectivity index (χ0v) is 11.8. The van der Waals surface area contributed by atoms with Crippen LogP contribution in [0.5, 0.6) is 5.75 Å². The Kier molecular flexibility index (Phi) is 3.65. The predicted molar refractivity (Wildman–Crippen MR) is 80.1 cm³/mol. The van der Waals surface area contributed by atoms with Crippen LogP contribution in [0.15, 0.2) is 53.2 Å². The first-order valence-corrected chi connectivity index (χ1v) is 6.68. The molecule has 1 aliphatic rings. The quantitative estimate of drug-likeness (QED) is 0.681. The number of cyclic esters (lactones) is 1. The van der Waals surface area contributed by atoms with E-state index in [1.54, 1.807) is 6.07 Å². The van der Waals surface area contributed by atoms with Crippen molar-refractivity contribution in [3.63, 3.8) is 0 Å². The molecule has 0 bridgehead atoms. The van der Waals surface area contributed by atoms with Gasteiger partial charge >= 0.3 is 5.97 Å². The highest BCUT2D eigenvalue weighted by Crippen LogP contribution is 2.26. The predicted octanol–water partition coefficient (Wildman–Crippen LogP) is 3.53. The molecule has 0 unspecified atom stereocenters. The van der Waals surface area contributed by atoms with Crippen LogP contribution in [-0.4, -0.2) is 17.0 Å². The third kappa shape index (κ3) is 2.71. The van der Waals surface area contributed by atoms with E-state index in [0.29, 0.717) is 10.6 Å². The highest BCUT2D eigenvalue weighted by Gasteiger charge is 2.26. The normalized spacial score (nSPS) is 15.8. The van der Waals surface area contributed by atoms with Crippen LogP contribution in [-0.2, 0) is 9.53 Å². The van der Waals surface area contributed by atoms with Gasteiger partial charge in [0.1, 0.15) is 11.6 Å². The average Bonchev–Trinajstić information content (AvgIpc) is 2.84. The van der Waals surface area contributed by atoms with Crippen molar-refractivity contribution in [3.8, 4) is 5.75 Å². The highest BCUT2D eigenvalue weighted by molar-refractivity contribution is 6.30. The molecule has 2 aromatic rings. The molecule has 110 valence electrons. The Hall–Kier alpha value is -2.66. The third-order valence-electron chi connectivity index (χ3n) is 3.01. The van der Waals surface area contributed by atoms with Crippen LogP contribution in [0, 0.1) is 5.82 Å². The van der Waals surface area contributed by atoms with E-state index in [9.17, 15) is 14.3 Å². The van der Waals surface area contributed by atoms with Gasteiger partial charge in [-0.3, -0.25) is 0 Å². The van der Waals surface area contributed by atoms with Crippen molar-refractivity contribution >= 4 is 29.5 Å². The number of rotatable bonds is 2. The second-order valence-corrected chi connectivity index (χ2v) is 4.96. The maximum absolute atomic E-state index is 13.7. The molecular formula is C16H9ClFNO3. The van der Waals surface area contributed by atoms with Crippen LogP contribution in [0.3, 0.4) is 0 Å². The number of nitrogens with zero attached hydrogens (tertiary/aromatic N) is 1. The van der Waals surface area contributed by atoms with Crippen molar-refractivity contribution in [1.82, 2.24) is 0 Å². The van der Waals surface area contributed by atoms with Crippen LogP contribution in [0.2, 0.25) is 5.02 Å². The topological polar surface area (TPSA) is 58.9 Å². The molecule has 0 radical (unpaired) electrons. The summed E-state index contributed by atoms with van der Waals surface area (Å²) in [6.45, 7) is 0. The minimum absolute atomic E-state index is 0.0455. The SMILES string of the molecule is O=C1OC(c2ccccc2F)=N/C1=C/c1cc(Cl)ccc1O. The molecule has 0 amide bonds. The molecule has 3 rings (SSSR count). The third-order valence-corrected chi connectivity index (χ3v) is 3.24. The Morgan fingerprint density at radius 1 is 1.23 bits per heavy atom. The van der Waals surface area contributed by atoms with Gasteiger partial charge in [-0.05, 0) is 36.4 Å². The number of phenols is 1. The Labute approximate surface area is 130 Å². The number of aliphatic imine (C=N–C) groups is 1. The van der Waals surface area contributed by atoms with Crippen molar-refractivity contribution in [2.24, 2.45) is 4.99 Å². The second kappa shape index (κ2) is 5.61. The zero-order valence-electron chi connectivity index (χ0n) is 11.1. The van der Waals surface area contributed by atoms with E-state index in [4.69, 9.17) is 16.3 Å². The summed E-state index contributed by atoms with van der Waals surface area (Å²) in [7, 11) is 0. The van der Waals surface area contributed by atoms with Gasteiger partial charge in [-0.15, -0.1) is 0 Å². The number of hydrogen-bond acceptors (Lipinski definition) is 4. The van der Waals surface area contributed by atoms with Gasteiger partial charge in [0, 0.05) is 10.6 Å². The number of aromatic hydroxyl groups is 1. The van der Waals surface area contributed by atoms with Crippen LogP contribution >= 0.6 is 11.6 Å². The van der Waals surface area contributed by atoms with Crippen molar-refractivity contribution < 1.29 is 19.0 Å². The maximum atomic E-state index is 13.7. The number of phenolic OH excluding ortho intramolecular Hbond substituents is 1. The van der Waals surface area contributed by atoms with Gasteiger partial charge < -0.3 is 9.84 Å². The Morgan fingerprint density at radius 2 is 2.00 bits per heavy atom. The average molecular weight is 318 g/mol. The molecule has 0 spiro atoms. The van der Waals surface area contributed by atoms with E-state index in [2.05, 4.69) is 4.99 Å². The van der Waals surface area contributed by atoms with Gasteiger partial charge in [0.15, 0.2) is 5.70 Å². The molecule has 0 aromatic heterocycles. The molecule has 4 nitrogen and oxygen atoms in total. The lowest BCUT2D eigenvalue weighted by atomic mass is 10.1. The standard InChI is InChI=1S/C16H9ClFNO3/c17-10-5-6-14(20)9(7-10)8-13-16(21)22-15(19-13)11-3-1-2-4-12(11)18/h1-8,20H/b13-8+. The first-order valence-electron chi connectivity index (χ1n) is 6.30. The lowest BCUT2D eigenvalue weighted by Gasteiger charge is -1.99. The fourth-order valence-electron chi connectivity index (χ4n) is 1.95. The first-order chi connectivity index (χ1) is 10.5. The molecule has 22 heavy (non-hydrogen) atoms. The monoisotopic (exact) mass is 317 g/mol. The van der Waals surface area contributed by atoms with Crippen molar-refractivity contribution in [2.45, 2.75) is 0 Å². The van der Waals surface area contributed by atoms with E-state index in [-0.39, 0.29) is 22.9 Å². The van der Waals surface area contributed by atoms with Gasteiger partial charge in [0.25, 0.3) is 0 Å². The van der Waals surface area contributed by atoms with Crippen LogP contribution in [0.1, 0.15) is 11.1 Å². The molecule has 2 aromatic carbocycles. The lowest BCUT2D eigenvalue weighted by molar-refractivity contribution is -0.129. The van der Waals surface area contributed by atoms with Crippen molar-refractivity contribution in [1.29, 1.82) is 0 Å². The molecular weight excluding hydrogens is 309 g/mol. The number of halogens is 2. The van der Waals surface area contributed by atoms with E-state index in [1.807, 2.05) is 0 Å². The van der Waals surface area contributed by atoms with Crippen LogP contribution in [0.4, 0.5) is 4.39 Å². The van der Waals surface area contributed by atoms with E-state index < -0.39 is 11.8 Å². The summed E-state index contributed by atoms with van der Waals surface area (Å²) in [5.41, 5.74) is 0.364. The van der Waals surface area contributed by atoms with E-state index in [0.717, 1.165) is 0 Å². The highest BCUT2D eigenvalue weighted by atomic mass is 35.5. The number of hydrogen-bond donors (Lipinski definition) is 1. The number of carbonyl (C=O) groups is 1. The number of benzene rings is 2. The summed E-state index contributed by atoms with van der Waals surface area (Å²) >= 11 is 5.84. The molecule has 0 fully saturated rings. The summed E-state index contributed by atoms with van der Waals surface area (Å²) in [5, 5.41) is 10.1. The lowest BCUT2D eigenvalue weighted by Crippen LogP contribution is -2.07. The van der Waals surface area contributed by atoms with Gasteiger partial charge in [0.2, 0.25) is 5.90 Å². The van der Waals surface area contributed by atoms with Crippen molar-refractivity contribution in [2.75, 3.05) is 0 Å². The fraction of sp³-hybridized carbons (Fsp3) is 0. The first kappa shape index (κ1) is 14.3. The van der Waals surface area contributed by atoms with E-state index >= 15 is 0 Å². The summed E-state index contributed by atoms with van der Waals surface area (Å²) in [4.78, 5) is 15.8. The second-order valence-electron chi connectivity index (χ2n) is 4.52. The molecule has 0 saturated heterocycles. The van der Waals surface area contributed by atoms with Gasteiger partial charge in [0.05, 0.1) is 5.56 Å². The van der Waals surface area contributed by atoms with Crippen LogP contribution < -0.4 is 0 Å². The summed E-state index contributed by atoms with van der Waals surface area (Å²) in [6.07, 6.45) is 1.33. The van der Waals surface area contributed by atoms with E-state index in [1.165, 1.54) is 42.5 Å². The van der Waals surface area contributed by atoms with Gasteiger partial charge in [-0.2, -0.15) is 0 Å². The molecule has 0 aliphatic carbocycles. The molecule has 0 atom stereocenters. The van der Waals surface area contributed by atoms with Gasteiger partial charge in [-0.25, -0.2) is 14.2 Å². The largest absolute Gasteiger partial charge is 0.507 e. The fourth-order valence-corrected chi connectivity index (χ4v) is 2.13. The Balaban J connectivity index is 2.02. The molecule has 1 N–H and O–H groups in total. The molecule has 1 heterocycles. The minimum atomic E-state index is -0.724. The number of ether oxygens (including phenoxy) is 1. The van der Waals surface area contributed by atoms with Crippen molar-refractivity contribution in [3.05, 3.63) is 70.1 Å². The molecule has 1 aliphatic heterocycles. The molecule has 6 heteroatoms. The number of carbonyl (C=O) groups excluding carboxylic acids is 1. The Morgan fingerprint density at radius 3 is 2.77 bits per heavy atom. The Bertz CT molecular complexity index is 830. The number of esters is 1. The summed E-state index contributed by atoms with van der Waals surface area (Å²) in [5.74, 6) is -1.44. The summed E-state index contributed by atoms with van der Waals surface area (Å²) in [6, 6.07) is 10.2. The summed E-state index contributed by atoms with van der Waals surface area (Å²) < 4.78 is 18.7. The van der Waals surface area contributed by atoms with Gasteiger partial charge in [-0.1, -0.05) is 23.7 Å². The minimum Gasteiger partial charge on any atom is -0.507 e. The molecule has 0 saturated carbocycles. The maximum Gasteiger partial charge on any atom is 0.363 e. The van der Waals surface area contributed by atoms with Crippen LogP contribution in [0.25, 0.3) is 6.08 Å².